The third-order valence-electron chi connectivity index (χ3n) is 8.27. The molecular formula is C34H32FN7O7S. The van der Waals surface area contributed by atoms with E-state index < -0.39 is 58.1 Å². The highest BCUT2D eigenvalue weighted by atomic mass is 32.2. The van der Waals surface area contributed by atoms with Crippen molar-refractivity contribution in [1.82, 2.24) is 30.0 Å². The van der Waals surface area contributed by atoms with Gasteiger partial charge in [-0.2, -0.15) is 0 Å². The van der Waals surface area contributed by atoms with Crippen LogP contribution in [0.2, 0.25) is 0 Å². The molecule has 0 saturated carbocycles. The number of amides is 3. The van der Waals surface area contributed by atoms with Gasteiger partial charge in [0.1, 0.15) is 35.3 Å². The molecule has 0 aliphatic carbocycles. The number of hydrogen-bond donors (Lipinski definition) is 2. The number of nitrogens with one attached hydrogen (secondary N) is 1. The number of benzene rings is 1. The lowest BCUT2D eigenvalue weighted by atomic mass is 10.0. The van der Waals surface area contributed by atoms with Crippen molar-refractivity contribution in [2.24, 2.45) is 4.99 Å². The molecule has 14 nitrogen and oxygen atoms in total. The minimum absolute atomic E-state index is 0.0251. The summed E-state index contributed by atoms with van der Waals surface area (Å²) >= 11 is 0. The number of carbonyl (C=O) groups excluding carboxylic acids is 3. The smallest absolute Gasteiger partial charge is 0.352 e. The molecule has 2 aromatic heterocycles. The zero-order valence-electron chi connectivity index (χ0n) is 27.0. The van der Waals surface area contributed by atoms with Crippen molar-refractivity contribution in [2.75, 3.05) is 26.0 Å². The molecule has 1 saturated heterocycles. The van der Waals surface area contributed by atoms with Gasteiger partial charge >= 0.3 is 5.97 Å². The molecule has 3 aliphatic heterocycles. The van der Waals surface area contributed by atoms with E-state index in [9.17, 15) is 32.9 Å². The molecule has 0 bridgehead atoms. The van der Waals surface area contributed by atoms with Gasteiger partial charge in [0.05, 0.1) is 34.5 Å². The molecule has 50 heavy (non-hydrogen) atoms. The molecular weight excluding hydrogens is 669 g/mol. The summed E-state index contributed by atoms with van der Waals surface area (Å²) in [5.74, 6) is -3.81. The Balaban J connectivity index is 1.12. The monoisotopic (exact) mass is 701 g/mol. The summed E-state index contributed by atoms with van der Waals surface area (Å²) in [5.41, 5.74) is 1.54. The first kappa shape index (κ1) is 34.3. The maximum atomic E-state index is 15.0. The number of halogens is 1. The predicted molar refractivity (Wildman–Crippen MR) is 179 cm³/mol. The summed E-state index contributed by atoms with van der Waals surface area (Å²) in [6, 6.07) is 13.6. The minimum atomic E-state index is -1.81. The molecule has 6 rings (SSSR count). The quantitative estimate of drug-likeness (QED) is 0.209. The molecule has 2 N–H and O–H groups in total. The summed E-state index contributed by atoms with van der Waals surface area (Å²) in [5, 5.41) is 11.6. The van der Waals surface area contributed by atoms with Gasteiger partial charge in [-0.25, -0.2) is 14.2 Å². The van der Waals surface area contributed by atoms with Gasteiger partial charge in [-0.3, -0.25) is 43.3 Å². The summed E-state index contributed by atoms with van der Waals surface area (Å²) < 4.78 is 33.9. The Kier molecular flexibility index (Phi) is 9.92. The number of nitrogens with zero attached hydrogens (tertiary/aromatic N) is 6. The molecule has 0 spiro atoms. The normalized spacial score (nSPS) is 20.9. The van der Waals surface area contributed by atoms with Crippen LogP contribution in [-0.4, -0.2) is 101 Å². The standard InChI is InChI=1S/C34H32FN7O7S/c1-20-38-26(31(44)40(20)2)14-21-9-10-27(25(35)13-21)49-18-22-19-50(48)33-29(32(45)42(33)30(22)34(46)47)39-28(43)17-41(15-23-7-3-5-11-36-23)16-24-8-4-6-12-37-24/h3-14,29,33H,15-19H2,1-2H3,(H,39,43)(H,46,47)/b26-14-. The maximum Gasteiger partial charge on any atom is 0.352 e. The van der Waals surface area contributed by atoms with Crippen LogP contribution in [0.4, 0.5) is 4.39 Å². The van der Waals surface area contributed by atoms with E-state index in [0.29, 0.717) is 35.9 Å². The van der Waals surface area contributed by atoms with E-state index in [1.54, 1.807) is 43.4 Å². The number of carboxylic acid groups (broad SMARTS) is 1. The zero-order valence-corrected chi connectivity index (χ0v) is 27.8. The van der Waals surface area contributed by atoms with Crippen molar-refractivity contribution in [3.05, 3.63) is 107 Å². The molecule has 258 valence electrons. The van der Waals surface area contributed by atoms with E-state index in [2.05, 4.69) is 20.3 Å². The molecule has 16 heteroatoms. The van der Waals surface area contributed by atoms with Crippen molar-refractivity contribution < 1.29 is 37.6 Å². The van der Waals surface area contributed by atoms with E-state index in [0.717, 1.165) is 11.0 Å². The fraction of sp³-hybridized carbons (Fsp3) is 0.265. The lowest BCUT2D eigenvalue weighted by molar-refractivity contribution is -0.151. The predicted octanol–water partition coefficient (Wildman–Crippen LogP) is 1.68. The van der Waals surface area contributed by atoms with Crippen LogP contribution in [0.1, 0.15) is 23.9 Å². The third kappa shape index (κ3) is 7.21. The molecule has 1 fully saturated rings. The average molecular weight is 702 g/mol. The van der Waals surface area contributed by atoms with Crippen LogP contribution in [-0.2, 0) is 43.1 Å². The number of carboxylic acids is 1. The van der Waals surface area contributed by atoms with Gasteiger partial charge in [0.15, 0.2) is 11.6 Å². The number of pyridine rings is 2. The number of ether oxygens (including phenoxy) is 1. The van der Waals surface area contributed by atoms with E-state index in [4.69, 9.17) is 4.74 Å². The lowest BCUT2D eigenvalue weighted by Crippen LogP contribution is -2.74. The summed E-state index contributed by atoms with van der Waals surface area (Å²) in [6.07, 6.45) is 4.72. The van der Waals surface area contributed by atoms with Crippen LogP contribution in [0.15, 0.2) is 89.0 Å². The number of carbonyl (C=O) groups is 4. The Hall–Kier alpha value is -5.61. The van der Waals surface area contributed by atoms with Crippen LogP contribution in [0, 0.1) is 5.82 Å². The number of likely N-dealkylation sites (N-methyl/N-ethyl adjacent to an activating group) is 1. The topological polar surface area (TPSA) is 175 Å². The largest absolute Gasteiger partial charge is 0.486 e. The van der Waals surface area contributed by atoms with E-state index in [1.807, 2.05) is 24.3 Å². The number of aromatic nitrogens is 2. The van der Waals surface area contributed by atoms with Crippen molar-refractivity contribution >= 4 is 46.4 Å². The second-order valence-corrected chi connectivity index (χ2v) is 13.3. The number of amidine groups is 1. The third-order valence-corrected chi connectivity index (χ3v) is 9.92. The molecule has 1 aromatic carbocycles. The van der Waals surface area contributed by atoms with Gasteiger partial charge in [0, 0.05) is 38.1 Å². The average Bonchev–Trinajstić information content (AvgIpc) is 3.33. The van der Waals surface area contributed by atoms with Gasteiger partial charge in [0.2, 0.25) is 5.91 Å². The molecule has 3 atom stereocenters. The molecule has 0 radical (unpaired) electrons. The fourth-order valence-electron chi connectivity index (χ4n) is 5.75. The van der Waals surface area contributed by atoms with Crippen LogP contribution in [0.3, 0.4) is 0 Å². The highest BCUT2D eigenvalue weighted by Gasteiger charge is 2.57. The second kappa shape index (κ2) is 14.5. The number of aliphatic carboxylic acids is 1. The highest BCUT2D eigenvalue weighted by molar-refractivity contribution is 7.86. The number of aliphatic imine (C=N–C) groups is 1. The second-order valence-electron chi connectivity index (χ2n) is 11.7. The first-order chi connectivity index (χ1) is 24.0. The first-order valence-corrected chi connectivity index (χ1v) is 16.8. The number of fused-ring (bicyclic) bond motifs is 1. The van der Waals surface area contributed by atoms with E-state index >= 15 is 0 Å². The van der Waals surface area contributed by atoms with Crippen LogP contribution in [0.25, 0.3) is 6.08 Å². The Labute approximate surface area is 288 Å². The number of rotatable bonds is 12. The Morgan fingerprint density at radius 3 is 2.34 bits per heavy atom. The van der Waals surface area contributed by atoms with Crippen LogP contribution >= 0.6 is 0 Å². The Bertz CT molecular complexity index is 1930. The first-order valence-electron chi connectivity index (χ1n) is 15.4. The fourth-order valence-corrected chi connectivity index (χ4v) is 7.42. The van der Waals surface area contributed by atoms with Gasteiger partial charge in [-0.05, 0) is 55.0 Å². The maximum absolute atomic E-state index is 15.0. The van der Waals surface area contributed by atoms with Crippen molar-refractivity contribution in [3.8, 4) is 5.75 Å². The molecule has 3 amide bonds. The SMILES string of the molecule is CC1=N/C(=C\c2ccc(OCC3=C(C(=O)O)N4C(=O)C(NC(=O)CN(Cc5ccccn5)Cc5ccccn5)C4S(=O)C3)c(F)c2)C(=O)N1C. The van der Waals surface area contributed by atoms with Gasteiger partial charge < -0.3 is 15.2 Å². The van der Waals surface area contributed by atoms with Gasteiger partial charge in [-0.1, -0.05) is 18.2 Å². The van der Waals surface area contributed by atoms with Gasteiger partial charge in [-0.15, -0.1) is 0 Å². The summed E-state index contributed by atoms with van der Waals surface area (Å²) in [7, 11) is -0.233. The molecule has 3 aliphatic rings. The van der Waals surface area contributed by atoms with Crippen molar-refractivity contribution in [3.63, 3.8) is 0 Å². The minimum Gasteiger partial charge on any atom is -0.486 e. The van der Waals surface area contributed by atoms with Gasteiger partial charge in [0.25, 0.3) is 11.8 Å². The van der Waals surface area contributed by atoms with E-state index in [-0.39, 0.29) is 35.2 Å². The summed E-state index contributed by atoms with van der Waals surface area (Å²) in [4.78, 5) is 68.0. The molecule has 3 unspecified atom stereocenters. The van der Waals surface area contributed by atoms with E-state index in [1.165, 1.54) is 23.1 Å². The number of β-lactam (4-membered cyclic amide) rings is 1. The Morgan fingerprint density at radius 2 is 1.78 bits per heavy atom. The lowest BCUT2D eigenvalue weighted by Gasteiger charge is -2.49. The Morgan fingerprint density at radius 1 is 1.10 bits per heavy atom. The van der Waals surface area contributed by atoms with Crippen molar-refractivity contribution in [2.45, 2.75) is 31.4 Å². The van der Waals surface area contributed by atoms with Crippen molar-refractivity contribution in [1.29, 1.82) is 0 Å². The van der Waals surface area contributed by atoms with Crippen LogP contribution in [0.5, 0.6) is 5.75 Å². The van der Waals surface area contributed by atoms with Crippen LogP contribution < -0.4 is 10.1 Å². The highest BCUT2D eigenvalue weighted by Crippen LogP contribution is 2.35. The summed E-state index contributed by atoms with van der Waals surface area (Å²) in [6.45, 7) is 1.70. The molecule has 3 aromatic rings. The molecule has 5 heterocycles. The number of hydrogen-bond acceptors (Lipinski definition) is 10. The zero-order chi connectivity index (χ0) is 35.5.